The van der Waals surface area contributed by atoms with E-state index in [2.05, 4.69) is 15.6 Å². The summed E-state index contributed by atoms with van der Waals surface area (Å²) in [4.78, 5) is 27.6. The van der Waals surface area contributed by atoms with Gasteiger partial charge < -0.3 is 10.6 Å². The van der Waals surface area contributed by atoms with Crippen molar-refractivity contribution >= 4 is 46.6 Å². The van der Waals surface area contributed by atoms with Crippen LogP contribution in [0.5, 0.6) is 0 Å². The number of carbonyl (C=O) groups excluding carboxylic acids is 2. The Morgan fingerprint density at radius 1 is 0.913 bits per heavy atom. The largest absolute Gasteiger partial charge is 0.350 e. The molecule has 0 saturated heterocycles. The molecule has 23 heavy (non-hydrogen) atoms. The summed E-state index contributed by atoms with van der Waals surface area (Å²) in [6, 6.07) is 7.64. The Morgan fingerprint density at radius 3 is 2.26 bits per heavy atom. The zero-order valence-electron chi connectivity index (χ0n) is 11.8. The lowest BCUT2D eigenvalue weighted by molar-refractivity contribution is 0.0925. The maximum atomic E-state index is 11.9. The third kappa shape index (κ3) is 5.10. The average Bonchev–Trinajstić information content (AvgIpc) is 2.53. The number of carbonyl (C=O) groups is 2. The van der Waals surface area contributed by atoms with E-state index in [1.165, 1.54) is 18.3 Å². The van der Waals surface area contributed by atoms with Crippen molar-refractivity contribution in [3.05, 3.63) is 62.9 Å². The van der Waals surface area contributed by atoms with Crippen LogP contribution in [0, 0.1) is 0 Å². The zero-order chi connectivity index (χ0) is 16.8. The molecule has 0 spiro atoms. The van der Waals surface area contributed by atoms with Crippen LogP contribution in [0.2, 0.25) is 15.1 Å². The number of rotatable bonds is 5. The molecule has 1 heterocycles. The van der Waals surface area contributed by atoms with E-state index in [1.807, 2.05) is 0 Å². The van der Waals surface area contributed by atoms with Gasteiger partial charge in [0, 0.05) is 29.9 Å². The standard InChI is InChI=1S/C15H12Cl3N3O2/c16-10-3-4-19-13(8-10)15(23)21-6-5-20-14(22)9-1-2-11(17)12(18)7-9/h1-4,7-8H,5-6H2,(H,20,22)(H,21,23). The van der Waals surface area contributed by atoms with Crippen molar-refractivity contribution in [3.63, 3.8) is 0 Å². The van der Waals surface area contributed by atoms with Crippen LogP contribution in [-0.2, 0) is 0 Å². The fourth-order valence-corrected chi connectivity index (χ4v) is 2.17. The van der Waals surface area contributed by atoms with Gasteiger partial charge in [-0.3, -0.25) is 14.6 Å². The number of nitrogens with one attached hydrogen (secondary N) is 2. The van der Waals surface area contributed by atoms with Crippen molar-refractivity contribution in [2.45, 2.75) is 0 Å². The van der Waals surface area contributed by atoms with Gasteiger partial charge in [0.05, 0.1) is 10.0 Å². The summed E-state index contributed by atoms with van der Waals surface area (Å²) in [5.41, 5.74) is 0.607. The molecule has 120 valence electrons. The van der Waals surface area contributed by atoms with Gasteiger partial charge in [-0.25, -0.2) is 0 Å². The van der Waals surface area contributed by atoms with E-state index in [0.29, 0.717) is 20.6 Å². The van der Waals surface area contributed by atoms with Crippen molar-refractivity contribution in [2.75, 3.05) is 13.1 Å². The molecule has 0 aliphatic heterocycles. The molecule has 2 rings (SSSR count). The predicted molar refractivity (Wildman–Crippen MR) is 90.4 cm³/mol. The Bertz CT molecular complexity index is 738. The Labute approximate surface area is 148 Å². The first kappa shape index (κ1) is 17.5. The normalized spacial score (nSPS) is 10.2. The van der Waals surface area contributed by atoms with Crippen LogP contribution in [-0.4, -0.2) is 29.9 Å². The summed E-state index contributed by atoms with van der Waals surface area (Å²) < 4.78 is 0. The number of halogens is 3. The van der Waals surface area contributed by atoms with E-state index in [0.717, 1.165) is 0 Å². The van der Waals surface area contributed by atoms with Crippen LogP contribution in [0.25, 0.3) is 0 Å². The minimum absolute atomic E-state index is 0.216. The lowest BCUT2D eigenvalue weighted by Gasteiger charge is -2.07. The van der Waals surface area contributed by atoms with Gasteiger partial charge in [-0.1, -0.05) is 34.8 Å². The molecule has 1 aromatic carbocycles. The van der Waals surface area contributed by atoms with Gasteiger partial charge in [-0.15, -0.1) is 0 Å². The second-order valence-electron chi connectivity index (χ2n) is 4.50. The quantitative estimate of drug-likeness (QED) is 0.792. The molecule has 0 saturated carbocycles. The third-order valence-electron chi connectivity index (χ3n) is 2.83. The van der Waals surface area contributed by atoms with E-state index in [9.17, 15) is 9.59 Å². The number of amides is 2. The molecule has 0 bridgehead atoms. The summed E-state index contributed by atoms with van der Waals surface area (Å²) in [7, 11) is 0. The number of pyridine rings is 1. The van der Waals surface area contributed by atoms with Crippen molar-refractivity contribution in [1.29, 1.82) is 0 Å². The van der Waals surface area contributed by atoms with E-state index in [4.69, 9.17) is 34.8 Å². The number of aromatic nitrogens is 1. The topological polar surface area (TPSA) is 71.1 Å². The molecule has 8 heteroatoms. The summed E-state index contributed by atoms with van der Waals surface area (Å²) in [5.74, 6) is -0.671. The zero-order valence-corrected chi connectivity index (χ0v) is 14.0. The SMILES string of the molecule is O=C(NCCNC(=O)c1cc(Cl)ccn1)c1ccc(Cl)c(Cl)c1. The molecule has 0 unspecified atom stereocenters. The second-order valence-corrected chi connectivity index (χ2v) is 5.75. The van der Waals surface area contributed by atoms with Crippen LogP contribution in [0.4, 0.5) is 0 Å². The Kier molecular flexibility index (Phi) is 6.21. The van der Waals surface area contributed by atoms with E-state index < -0.39 is 0 Å². The molecular weight excluding hydrogens is 361 g/mol. The molecule has 2 N–H and O–H groups in total. The second kappa shape index (κ2) is 8.15. The van der Waals surface area contributed by atoms with Crippen molar-refractivity contribution in [2.24, 2.45) is 0 Å². The van der Waals surface area contributed by atoms with Crippen molar-refractivity contribution < 1.29 is 9.59 Å². The molecule has 0 atom stereocenters. The fraction of sp³-hybridized carbons (Fsp3) is 0.133. The molecule has 0 aliphatic rings. The molecule has 2 amide bonds. The molecule has 2 aromatic rings. The Hall–Kier alpha value is -1.82. The van der Waals surface area contributed by atoms with Gasteiger partial charge in [0.1, 0.15) is 5.69 Å². The highest BCUT2D eigenvalue weighted by molar-refractivity contribution is 6.42. The Balaban J connectivity index is 1.79. The van der Waals surface area contributed by atoms with Gasteiger partial charge in [-0.2, -0.15) is 0 Å². The first-order valence-corrected chi connectivity index (χ1v) is 7.74. The van der Waals surface area contributed by atoms with E-state index >= 15 is 0 Å². The van der Waals surface area contributed by atoms with Gasteiger partial charge in [0.2, 0.25) is 0 Å². The van der Waals surface area contributed by atoms with Crippen molar-refractivity contribution in [3.8, 4) is 0 Å². The molecule has 0 fully saturated rings. The molecule has 5 nitrogen and oxygen atoms in total. The Morgan fingerprint density at radius 2 is 1.61 bits per heavy atom. The van der Waals surface area contributed by atoms with Crippen LogP contribution >= 0.6 is 34.8 Å². The highest BCUT2D eigenvalue weighted by Crippen LogP contribution is 2.22. The average molecular weight is 373 g/mol. The predicted octanol–water partition coefficient (Wildman–Crippen LogP) is 3.20. The van der Waals surface area contributed by atoms with Gasteiger partial charge in [0.15, 0.2) is 0 Å². The molecule has 0 aliphatic carbocycles. The number of hydrogen-bond acceptors (Lipinski definition) is 3. The minimum atomic E-state index is -0.365. The number of nitrogens with zero attached hydrogens (tertiary/aromatic N) is 1. The van der Waals surface area contributed by atoms with Gasteiger partial charge >= 0.3 is 0 Å². The van der Waals surface area contributed by atoms with Crippen LogP contribution < -0.4 is 10.6 Å². The van der Waals surface area contributed by atoms with Crippen LogP contribution in [0.1, 0.15) is 20.8 Å². The van der Waals surface area contributed by atoms with Gasteiger partial charge in [0.25, 0.3) is 11.8 Å². The highest BCUT2D eigenvalue weighted by Gasteiger charge is 2.09. The van der Waals surface area contributed by atoms with E-state index in [1.54, 1.807) is 18.2 Å². The lowest BCUT2D eigenvalue weighted by Crippen LogP contribution is -2.35. The summed E-state index contributed by atoms with van der Waals surface area (Å²) in [6.45, 7) is 0.505. The molecule has 1 aromatic heterocycles. The third-order valence-corrected chi connectivity index (χ3v) is 3.81. The molecular formula is C15H12Cl3N3O2. The summed E-state index contributed by atoms with van der Waals surface area (Å²) in [5, 5.41) is 6.41. The highest BCUT2D eigenvalue weighted by atomic mass is 35.5. The van der Waals surface area contributed by atoms with Gasteiger partial charge in [-0.05, 0) is 30.3 Å². The maximum Gasteiger partial charge on any atom is 0.269 e. The first-order chi connectivity index (χ1) is 11.0. The van der Waals surface area contributed by atoms with E-state index in [-0.39, 0.29) is 30.6 Å². The monoisotopic (exact) mass is 371 g/mol. The summed E-state index contributed by atoms with van der Waals surface area (Å²) in [6.07, 6.45) is 1.45. The number of hydrogen-bond donors (Lipinski definition) is 2. The van der Waals surface area contributed by atoms with Crippen molar-refractivity contribution in [1.82, 2.24) is 15.6 Å². The smallest absolute Gasteiger partial charge is 0.269 e. The van der Waals surface area contributed by atoms with Crippen LogP contribution in [0.15, 0.2) is 36.5 Å². The number of benzene rings is 1. The fourth-order valence-electron chi connectivity index (χ4n) is 1.71. The van der Waals surface area contributed by atoms with Crippen LogP contribution in [0.3, 0.4) is 0 Å². The molecule has 0 radical (unpaired) electrons. The maximum absolute atomic E-state index is 11.9. The lowest BCUT2D eigenvalue weighted by atomic mass is 10.2. The minimum Gasteiger partial charge on any atom is -0.350 e. The first-order valence-electron chi connectivity index (χ1n) is 6.60. The summed E-state index contributed by atoms with van der Waals surface area (Å²) >= 11 is 17.4.